The number of hydrogen-bond donors (Lipinski definition) is 1. The number of nitrogens with zero attached hydrogens (tertiary/aromatic N) is 1. The quantitative estimate of drug-likeness (QED) is 0.505. The Balaban J connectivity index is 3.48. The predicted octanol–water partition coefficient (Wildman–Crippen LogP) is 2.60. The first-order chi connectivity index (χ1) is 7.77. The zero-order chi connectivity index (χ0) is 13.5. The van der Waals surface area contributed by atoms with Crippen molar-refractivity contribution >= 4 is 0 Å². The normalized spacial score (nSPS) is 13.1. The molecular weight excluding hydrogens is 236 g/mol. The molecule has 0 bridgehead atoms. The topological polar surface area (TPSA) is 15.3 Å². The fourth-order valence-corrected chi connectivity index (χ4v) is 1.20. The molecule has 0 fully saturated rings. The summed E-state index contributed by atoms with van der Waals surface area (Å²) < 4.78 is 48.5. The fraction of sp³-hybridized carbons (Fsp3) is 1.00. The van der Waals surface area contributed by atoms with E-state index in [1.807, 2.05) is 7.05 Å². The number of alkyl halides is 4. The van der Waals surface area contributed by atoms with Gasteiger partial charge >= 0.3 is 12.3 Å². The molecule has 0 amide bonds. The first-order valence-electron chi connectivity index (χ1n) is 5.84. The summed E-state index contributed by atoms with van der Waals surface area (Å²) in [7, 11) is 1.99. The smallest absolute Gasteiger partial charge is 0.311 e. The van der Waals surface area contributed by atoms with Gasteiger partial charge in [-0.1, -0.05) is 0 Å². The lowest BCUT2D eigenvalue weighted by molar-refractivity contribution is -0.125. The highest BCUT2D eigenvalue weighted by Crippen LogP contribution is 2.21. The molecule has 0 unspecified atom stereocenters. The van der Waals surface area contributed by atoms with Gasteiger partial charge in [-0.3, -0.25) is 0 Å². The largest absolute Gasteiger partial charge is 0.319 e. The Morgan fingerprint density at radius 2 is 1.76 bits per heavy atom. The minimum atomic E-state index is -3.92. The molecule has 0 radical (unpaired) electrons. The molecule has 0 aliphatic heterocycles. The SMILES string of the molecule is CC(C)N(C)CCCCNCC(F)(F)C(F)F. The van der Waals surface area contributed by atoms with E-state index in [1.165, 1.54) is 0 Å². The van der Waals surface area contributed by atoms with E-state index in [0.29, 0.717) is 19.0 Å². The molecule has 1 N–H and O–H groups in total. The molecule has 0 aliphatic rings. The van der Waals surface area contributed by atoms with Crippen molar-refractivity contribution in [2.45, 2.75) is 45.1 Å². The molecule has 2 nitrogen and oxygen atoms in total. The summed E-state index contributed by atoms with van der Waals surface area (Å²) in [6.07, 6.45) is -2.03. The van der Waals surface area contributed by atoms with Crippen LogP contribution in [0.3, 0.4) is 0 Å². The van der Waals surface area contributed by atoms with Gasteiger partial charge in [0.15, 0.2) is 0 Å². The van der Waals surface area contributed by atoms with E-state index in [4.69, 9.17) is 0 Å². The highest BCUT2D eigenvalue weighted by atomic mass is 19.3. The number of halogens is 4. The lowest BCUT2D eigenvalue weighted by Crippen LogP contribution is -2.39. The summed E-state index contributed by atoms with van der Waals surface area (Å²) in [5, 5.41) is 2.36. The van der Waals surface area contributed by atoms with Crippen LogP contribution in [-0.4, -0.2) is 50.0 Å². The van der Waals surface area contributed by atoms with E-state index in [9.17, 15) is 17.6 Å². The molecule has 104 valence electrons. The Morgan fingerprint density at radius 3 is 2.24 bits per heavy atom. The van der Waals surface area contributed by atoms with Gasteiger partial charge in [-0.15, -0.1) is 0 Å². The number of unbranched alkanes of at least 4 members (excludes halogenated alkanes) is 1. The van der Waals surface area contributed by atoms with Crippen LogP contribution in [0.5, 0.6) is 0 Å². The zero-order valence-corrected chi connectivity index (χ0v) is 10.6. The number of hydrogen-bond acceptors (Lipinski definition) is 2. The average molecular weight is 258 g/mol. The van der Waals surface area contributed by atoms with Crippen LogP contribution in [-0.2, 0) is 0 Å². The van der Waals surface area contributed by atoms with Gasteiger partial charge in [-0.25, -0.2) is 8.78 Å². The van der Waals surface area contributed by atoms with Gasteiger partial charge in [0.05, 0.1) is 6.54 Å². The fourth-order valence-electron chi connectivity index (χ4n) is 1.20. The van der Waals surface area contributed by atoms with Crippen molar-refractivity contribution in [3.63, 3.8) is 0 Å². The third kappa shape index (κ3) is 7.54. The molecule has 0 spiro atoms. The van der Waals surface area contributed by atoms with Crippen LogP contribution in [0.2, 0.25) is 0 Å². The highest BCUT2D eigenvalue weighted by molar-refractivity contribution is 4.72. The van der Waals surface area contributed by atoms with Crippen molar-refractivity contribution in [2.75, 3.05) is 26.7 Å². The van der Waals surface area contributed by atoms with E-state index in [0.717, 1.165) is 13.0 Å². The van der Waals surface area contributed by atoms with Crippen LogP contribution >= 0.6 is 0 Å². The Bertz CT molecular complexity index is 198. The maximum atomic E-state index is 12.5. The Morgan fingerprint density at radius 1 is 1.18 bits per heavy atom. The summed E-state index contributed by atoms with van der Waals surface area (Å²) in [5.74, 6) is -3.92. The Hall–Kier alpha value is -0.360. The second kappa shape index (κ2) is 7.87. The first-order valence-corrected chi connectivity index (χ1v) is 5.84. The average Bonchev–Trinajstić information content (AvgIpc) is 2.22. The van der Waals surface area contributed by atoms with Crippen LogP contribution in [0.15, 0.2) is 0 Å². The minimum absolute atomic E-state index is 0.342. The van der Waals surface area contributed by atoms with Gasteiger partial charge in [0.1, 0.15) is 0 Å². The Labute approximate surface area is 100 Å². The Kier molecular flexibility index (Phi) is 7.70. The summed E-state index contributed by atoms with van der Waals surface area (Å²) in [6, 6.07) is 0.450. The second-order valence-electron chi connectivity index (χ2n) is 4.52. The van der Waals surface area contributed by atoms with Gasteiger partial charge < -0.3 is 10.2 Å². The maximum Gasteiger partial charge on any atom is 0.319 e. The summed E-state index contributed by atoms with van der Waals surface area (Å²) >= 11 is 0. The molecule has 0 saturated carbocycles. The van der Waals surface area contributed by atoms with Gasteiger partial charge in [0, 0.05) is 6.04 Å². The summed E-state index contributed by atoms with van der Waals surface area (Å²) in [5.41, 5.74) is 0. The summed E-state index contributed by atoms with van der Waals surface area (Å²) in [4.78, 5) is 2.15. The lowest BCUT2D eigenvalue weighted by atomic mass is 10.2. The maximum absolute atomic E-state index is 12.5. The predicted molar refractivity (Wildman–Crippen MR) is 60.8 cm³/mol. The van der Waals surface area contributed by atoms with Gasteiger partial charge in [0.25, 0.3) is 0 Å². The third-order valence-corrected chi connectivity index (χ3v) is 2.68. The molecule has 0 aromatic carbocycles. The second-order valence-corrected chi connectivity index (χ2v) is 4.52. The molecule has 0 atom stereocenters. The monoisotopic (exact) mass is 258 g/mol. The molecule has 6 heteroatoms. The molecule has 0 aliphatic carbocycles. The van der Waals surface area contributed by atoms with Gasteiger partial charge in [0.2, 0.25) is 0 Å². The van der Waals surface area contributed by atoms with E-state index >= 15 is 0 Å². The van der Waals surface area contributed by atoms with Crippen LogP contribution in [0.1, 0.15) is 26.7 Å². The van der Waals surface area contributed by atoms with Crippen molar-refractivity contribution in [2.24, 2.45) is 0 Å². The molecule has 0 aromatic rings. The summed E-state index contributed by atoms with van der Waals surface area (Å²) in [6.45, 7) is 4.41. The zero-order valence-electron chi connectivity index (χ0n) is 10.6. The molecular formula is C11H22F4N2. The molecule has 0 rings (SSSR count). The van der Waals surface area contributed by atoms with Crippen LogP contribution in [0.25, 0.3) is 0 Å². The number of rotatable bonds is 9. The minimum Gasteiger partial charge on any atom is -0.311 e. The van der Waals surface area contributed by atoms with E-state index < -0.39 is 18.9 Å². The highest BCUT2D eigenvalue weighted by Gasteiger charge is 2.39. The molecule has 0 saturated heterocycles. The van der Waals surface area contributed by atoms with E-state index in [-0.39, 0.29) is 0 Å². The van der Waals surface area contributed by atoms with Crippen molar-refractivity contribution in [3.05, 3.63) is 0 Å². The lowest BCUT2D eigenvalue weighted by Gasteiger charge is -2.21. The van der Waals surface area contributed by atoms with Gasteiger partial charge in [-0.2, -0.15) is 8.78 Å². The van der Waals surface area contributed by atoms with Crippen molar-refractivity contribution in [1.29, 1.82) is 0 Å². The van der Waals surface area contributed by atoms with E-state index in [1.54, 1.807) is 0 Å². The standard InChI is InChI=1S/C11H22F4N2/c1-9(2)17(3)7-5-4-6-16-8-11(14,15)10(12)13/h9-10,16H,4-8H2,1-3H3. The van der Waals surface area contributed by atoms with Crippen molar-refractivity contribution in [1.82, 2.24) is 10.2 Å². The van der Waals surface area contributed by atoms with Crippen molar-refractivity contribution in [3.8, 4) is 0 Å². The molecule has 17 heavy (non-hydrogen) atoms. The van der Waals surface area contributed by atoms with Crippen molar-refractivity contribution < 1.29 is 17.6 Å². The third-order valence-electron chi connectivity index (χ3n) is 2.68. The molecule has 0 aromatic heterocycles. The van der Waals surface area contributed by atoms with Crippen LogP contribution in [0.4, 0.5) is 17.6 Å². The first kappa shape index (κ1) is 16.6. The van der Waals surface area contributed by atoms with E-state index in [2.05, 4.69) is 24.1 Å². The van der Waals surface area contributed by atoms with Gasteiger partial charge in [-0.05, 0) is 46.8 Å². The van der Waals surface area contributed by atoms with Crippen LogP contribution < -0.4 is 5.32 Å². The van der Waals surface area contributed by atoms with Crippen LogP contribution in [0, 0.1) is 0 Å². The molecule has 0 heterocycles. The number of nitrogens with one attached hydrogen (secondary N) is 1.